The van der Waals surface area contributed by atoms with Gasteiger partial charge in [0, 0.05) is 5.56 Å². The molecule has 2 unspecified atom stereocenters. The van der Waals surface area contributed by atoms with E-state index in [4.69, 9.17) is 4.74 Å². The maximum absolute atomic E-state index is 13.5. The first-order valence-electron chi connectivity index (χ1n) is 7.56. The molecule has 0 saturated heterocycles. The van der Waals surface area contributed by atoms with Crippen LogP contribution in [0.25, 0.3) is 0 Å². The van der Waals surface area contributed by atoms with Gasteiger partial charge in [0.25, 0.3) is 0 Å². The summed E-state index contributed by atoms with van der Waals surface area (Å²) >= 11 is 0. The number of rotatable bonds is 6. The van der Waals surface area contributed by atoms with Gasteiger partial charge in [-0.25, -0.2) is 0 Å². The standard InChI is InChI=1S/C18H18F3O2P.Li.H/c1-3-13(2)23-15-9-11-16(12-10-15)24(18(19,20)21)17(22)14-7-5-4-6-8-14;;/h4-13H,3H2,1-2H3;;. The second kappa shape index (κ2) is 9.43. The first-order chi connectivity index (χ1) is 11.3. The SMILES string of the molecule is CCC(C)Oc1ccc(P(C(=O)c2ccccc2)C(F)(F)F)cc1.[LiH]. The van der Waals surface area contributed by atoms with Crippen LogP contribution in [0.5, 0.6) is 5.75 Å². The first kappa shape index (κ1) is 21.8. The van der Waals surface area contributed by atoms with Crippen molar-refractivity contribution in [1.82, 2.24) is 0 Å². The Morgan fingerprint density at radius 1 is 1.08 bits per heavy atom. The summed E-state index contributed by atoms with van der Waals surface area (Å²) in [5, 5.41) is -0.0251. The van der Waals surface area contributed by atoms with Gasteiger partial charge in [-0.15, -0.1) is 0 Å². The molecule has 0 fully saturated rings. The second-order valence-electron chi connectivity index (χ2n) is 5.31. The molecule has 0 aliphatic rings. The Hall–Kier alpha value is -1.27. The van der Waals surface area contributed by atoms with Crippen LogP contribution in [0, 0.1) is 0 Å². The Kier molecular flexibility index (Phi) is 8.21. The Morgan fingerprint density at radius 3 is 2.12 bits per heavy atom. The Balaban J connectivity index is 0.00000312. The summed E-state index contributed by atoms with van der Waals surface area (Å²) in [6.07, 6.45) is 0.773. The molecule has 0 amide bonds. The van der Waals surface area contributed by atoms with Crippen molar-refractivity contribution in [3.63, 3.8) is 0 Å². The molecule has 0 N–H and O–H groups in total. The van der Waals surface area contributed by atoms with Gasteiger partial charge >= 0.3 is 24.8 Å². The Morgan fingerprint density at radius 2 is 1.64 bits per heavy atom. The van der Waals surface area contributed by atoms with E-state index in [0.717, 1.165) is 6.42 Å². The van der Waals surface area contributed by atoms with Gasteiger partial charge in [-0.1, -0.05) is 49.4 Å². The van der Waals surface area contributed by atoms with Crippen molar-refractivity contribution in [1.29, 1.82) is 0 Å². The van der Waals surface area contributed by atoms with Gasteiger partial charge in [0.2, 0.25) is 0 Å². The van der Waals surface area contributed by atoms with Crippen molar-refractivity contribution >= 4 is 37.6 Å². The number of ether oxygens (including phenoxy) is 1. The number of benzene rings is 2. The quantitative estimate of drug-likeness (QED) is 0.551. The summed E-state index contributed by atoms with van der Waals surface area (Å²) in [5.74, 6) is -4.10. The van der Waals surface area contributed by atoms with Gasteiger partial charge in [0.15, 0.2) is 5.52 Å². The van der Waals surface area contributed by atoms with E-state index in [1.807, 2.05) is 13.8 Å². The van der Waals surface area contributed by atoms with E-state index in [-0.39, 0.29) is 35.8 Å². The van der Waals surface area contributed by atoms with Crippen molar-refractivity contribution in [2.24, 2.45) is 0 Å². The van der Waals surface area contributed by atoms with E-state index in [2.05, 4.69) is 0 Å². The van der Waals surface area contributed by atoms with E-state index in [1.54, 1.807) is 18.2 Å². The number of alkyl halides is 3. The van der Waals surface area contributed by atoms with E-state index >= 15 is 0 Å². The topological polar surface area (TPSA) is 26.3 Å². The van der Waals surface area contributed by atoms with Crippen LogP contribution >= 0.6 is 7.92 Å². The van der Waals surface area contributed by atoms with Gasteiger partial charge in [-0.3, -0.25) is 4.79 Å². The molecule has 2 aromatic rings. The zero-order valence-corrected chi connectivity index (χ0v) is 14.3. The summed E-state index contributed by atoms with van der Waals surface area (Å²) in [5.41, 5.74) is -0.824. The molecule has 2 aromatic carbocycles. The molecular weight excluding hydrogens is 343 g/mol. The minimum atomic E-state index is -4.60. The third-order valence-corrected chi connectivity index (χ3v) is 5.47. The molecule has 130 valence electrons. The fourth-order valence-corrected chi connectivity index (χ4v) is 3.69. The van der Waals surface area contributed by atoms with E-state index in [9.17, 15) is 18.0 Å². The summed E-state index contributed by atoms with van der Waals surface area (Å²) in [6.45, 7) is 3.84. The molecule has 0 bridgehead atoms. The van der Waals surface area contributed by atoms with Gasteiger partial charge in [-0.05, 0) is 30.8 Å². The number of halogens is 3. The monoisotopic (exact) mass is 362 g/mol. The zero-order valence-electron chi connectivity index (χ0n) is 13.4. The van der Waals surface area contributed by atoms with Gasteiger partial charge in [0.1, 0.15) is 13.7 Å². The number of hydrogen-bond acceptors (Lipinski definition) is 2. The van der Waals surface area contributed by atoms with Crippen molar-refractivity contribution in [3.05, 3.63) is 60.2 Å². The summed E-state index contributed by atoms with van der Waals surface area (Å²) in [6, 6.07) is 13.2. The third-order valence-electron chi connectivity index (χ3n) is 3.48. The van der Waals surface area contributed by atoms with Crippen molar-refractivity contribution in [2.75, 3.05) is 0 Å². The molecule has 0 aliphatic carbocycles. The third kappa shape index (κ3) is 5.89. The molecule has 2 atom stereocenters. The van der Waals surface area contributed by atoms with E-state index in [1.165, 1.54) is 36.4 Å². The van der Waals surface area contributed by atoms with Gasteiger partial charge < -0.3 is 4.74 Å². The van der Waals surface area contributed by atoms with Crippen LogP contribution in [0.15, 0.2) is 54.6 Å². The molecule has 2 rings (SSSR count). The van der Waals surface area contributed by atoms with Crippen molar-refractivity contribution < 1.29 is 22.7 Å². The number of carbonyl (C=O) groups excluding carboxylic acids is 1. The molecule has 7 heteroatoms. The molecule has 2 nitrogen and oxygen atoms in total. The van der Waals surface area contributed by atoms with Crippen LogP contribution in [-0.4, -0.2) is 36.4 Å². The predicted molar refractivity (Wildman–Crippen MR) is 97.4 cm³/mol. The number of hydrogen-bond donors (Lipinski definition) is 0. The second-order valence-corrected chi connectivity index (χ2v) is 7.41. The van der Waals surface area contributed by atoms with Crippen molar-refractivity contribution in [2.45, 2.75) is 32.3 Å². The molecule has 0 aromatic heterocycles. The number of carbonyl (C=O) groups is 1. The van der Waals surface area contributed by atoms with Gasteiger partial charge in [-0.2, -0.15) is 13.2 Å². The summed E-state index contributed by atoms with van der Waals surface area (Å²) in [7, 11) is -2.97. The average molecular weight is 362 g/mol. The average Bonchev–Trinajstić information content (AvgIpc) is 2.56. The molecular formula is C18H19F3LiO2P. The normalized spacial score (nSPS) is 13.5. The maximum atomic E-state index is 13.5. The van der Waals surface area contributed by atoms with E-state index in [0.29, 0.717) is 5.75 Å². The summed E-state index contributed by atoms with van der Waals surface area (Å²) in [4.78, 5) is 12.4. The molecule has 25 heavy (non-hydrogen) atoms. The van der Waals surface area contributed by atoms with Crippen LogP contribution < -0.4 is 10.0 Å². The predicted octanol–water partition coefficient (Wildman–Crippen LogP) is 4.68. The minimum absolute atomic E-state index is 0. The van der Waals surface area contributed by atoms with Crippen LogP contribution in [0.1, 0.15) is 30.6 Å². The van der Waals surface area contributed by atoms with E-state index < -0.39 is 19.4 Å². The molecule has 0 saturated carbocycles. The van der Waals surface area contributed by atoms with Crippen LogP contribution in [0.2, 0.25) is 0 Å². The van der Waals surface area contributed by atoms with Crippen LogP contribution in [0.4, 0.5) is 13.2 Å². The Labute approximate surface area is 158 Å². The molecule has 0 aliphatic heterocycles. The molecule has 0 heterocycles. The van der Waals surface area contributed by atoms with Crippen molar-refractivity contribution in [3.8, 4) is 5.75 Å². The molecule has 0 radical (unpaired) electrons. The van der Waals surface area contributed by atoms with Crippen LogP contribution in [0.3, 0.4) is 0 Å². The molecule has 0 spiro atoms. The van der Waals surface area contributed by atoms with Crippen LogP contribution in [-0.2, 0) is 0 Å². The Bertz CT molecular complexity index is 675. The van der Waals surface area contributed by atoms with Gasteiger partial charge in [0.05, 0.1) is 6.10 Å². The fraction of sp³-hybridized carbons (Fsp3) is 0.278. The fourth-order valence-electron chi connectivity index (χ4n) is 2.08. The zero-order chi connectivity index (χ0) is 17.7. The summed E-state index contributed by atoms with van der Waals surface area (Å²) < 4.78 is 46.0. The first-order valence-corrected chi connectivity index (χ1v) is 8.90.